The average molecular weight is 450 g/mol. The zero-order valence-corrected chi connectivity index (χ0v) is 17.8. The number of carbonyl (C=O) groups is 4. The van der Waals surface area contributed by atoms with Crippen molar-refractivity contribution in [3.63, 3.8) is 0 Å². The van der Waals surface area contributed by atoms with Crippen LogP contribution in [0.15, 0.2) is 35.3 Å². The molecular weight excluding hydrogens is 420 g/mol. The highest BCUT2D eigenvalue weighted by atomic mass is 16.6. The predicted octanol–water partition coefficient (Wildman–Crippen LogP) is -1.40. The fraction of sp³-hybridized carbons (Fsp3) is 0.450. The maximum Gasteiger partial charge on any atom is 0.417 e. The summed E-state index contributed by atoms with van der Waals surface area (Å²) in [7, 11) is 0. The largest absolute Gasteiger partial charge is 0.444 e. The molecule has 3 amide bonds. The number of aliphatic imine (C=N–C) groups is 1. The van der Waals surface area contributed by atoms with Gasteiger partial charge in [0.05, 0.1) is 12.6 Å². The molecule has 176 valence electrons. The summed E-state index contributed by atoms with van der Waals surface area (Å²) in [5, 5.41) is 11.3. The van der Waals surface area contributed by atoms with Crippen LogP contribution in [0.2, 0.25) is 0 Å². The molecule has 3 atom stereocenters. The zero-order chi connectivity index (χ0) is 24.1. The Morgan fingerprint density at radius 2 is 1.91 bits per heavy atom. The van der Waals surface area contributed by atoms with Crippen molar-refractivity contribution >= 4 is 30.2 Å². The van der Waals surface area contributed by atoms with E-state index in [4.69, 9.17) is 27.0 Å². The number of aliphatic hydroxyl groups excluding tert-OH is 1. The van der Waals surface area contributed by atoms with Gasteiger partial charge in [0, 0.05) is 6.54 Å². The molecule has 0 bridgehead atoms. The first-order chi connectivity index (χ1) is 15.2. The van der Waals surface area contributed by atoms with E-state index in [9.17, 15) is 19.2 Å². The smallest absolute Gasteiger partial charge is 0.417 e. The number of nitrogens with two attached hydrogens (primary N) is 3. The number of hydrogen-bond acceptors (Lipinski definition) is 8. The average Bonchev–Trinajstić information content (AvgIpc) is 2.78. The second-order valence-electron chi connectivity index (χ2n) is 6.92. The Balaban J connectivity index is 2.99. The Kier molecular flexibility index (Phi) is 11.4. The van der Waals surface area contributed by atoms with Crippen LogP contribution in [0.25, 0.3) is 0 Å². The fourth-order valence-corrected chi connectivity index (χ4v) is 2.62. The maximum absolute atomic E-state index is 13.0. The van der Waals surface area contributed by atoms with Crippen LogP contribution in [0.1, 0.15) is 25.3 Å². The van der Waals surface area contributed by atoms with E-state index in [-0.39, 0.29) is 25.5 Å². The second-order valence-corrected chi connectivity index (χ2v) is 6.92. The first-order valence-corrected chi connectivity index (χ1v) is 9.92. The molecule has 0 saturated heterocycles. The molecule has 1 aromatic carbocycles. The van der Waals surface area contributed by atoms with Crippen LogP contribution in [0, 0.1) is 0 Å². The Morgan fingerprint density at radius 3 is 2.47 bits per heavy atom. The van der Waals surface area contributed by atoms with Gasteiger partial charge in [0.1, 0.15) is 25.0 Å². The summed E-state index contributed by atoms with van der Waals surface area (Å²) < 4.78 is 5.22. The molecule has 0 unspecified atom stereocenters. The van der Waals surface area contributed by atoms with Gasteiger partial charge in [0.25, 0.3) is 5.91 Å². The Labute approximate surface area is 185 Å². The Hall–Kier alpha value is -3.51. The lowest BCUT2D eigenvalue weighted by molar-refractivity contribution is -0.138. The number of benzene rings is 1. The number of imide groups is 1. The number of aldehydes is 1. The number of aliphatic hydroxyl groups is 1. The third-order valence-corrected chi connectivity index (χ3v) is 4.34. The van der Waals surface area contributed by atoms with E-state index in [1.165, 1.54) is 6.92 Å². The Bertz CT molecular complexity index is 799. The molecule has 12 nitrogen and oxygen atoms in total. The molecule has 32 heavy (non-hydrogen) atoms. The van der Waals surface area contributed by atoms with Gasteiger partial charge >= 0.3 is 6.09 Å². The van der Waals surface area contributed by atoms with Gasteiger partial charge in [-0.05, 0) is 25.3 Å². The van der Waals surface area contributed by atoms with Gasteiger partial charge in [-0.1, -0.05) is 30.3 Å². The number of nitrogens with zero attached hydrogens (tertiary/aromatic N) is 2. The highest BCUT2D eigenvalue weighted by Crippen LogP contribution is 2.12. The SMILES string of the molecule is C[C@H](NC(=O)[C@H](N)CO)C(=O)N(C(=O)OCc1ccccc1)[C@H](C=O)CCCN=C(N)N. The zero-order valence-electron chi connectivity index (χ0n) is 17.8. The van der Waals surface area contributed by atoms with Crippen molar-refractivity contribution in [3.8, 4) is 0 Å². The van der Waals surface area contributed by atoms with Crippen molar-refractivity contribution in [2.24, 2.45) is 22.2 Å². The summed E-state index contributed by atoms with van der Waals surface area (Å²) in [6.45, 7) is 0.755. The number of hydrogen-bond donors (Lipinski definition) is 5. The molecule has 0 radical (unpaired) electrons. The van der Waals surface area contributed by atoms with Crippen molar-refractivity contribution in [3.05, 3.63) is 35.9 Å². The van der Waals surface area contributed by atoms with Crippen LogP contribution >= 0.6 is 0 Å². The third-order valence-electron chi connectivity index (χ3n) is 4.34. The van der Waals surface area contributed by atoms with Crippen LogP contribution in [0.3, 0.4) is 0 Å². The molecule has 0 aromatic heterocycles. The highest BCUT2D eigenvalue weighted by molar-refractivity contribution is 5.99. The molecule has 12 heteroatoms. The summed E-state index contributed by atoms with van der Waals surface area (Å²) in [4.78, 5) is 53.8. The van der Waals surface area contributed by atoms with Gasteiger partial charge in [-0.3, -0.25) is 14.6 Å². The molecule has 1 rings (SSSR count). The molecule has 1 aromatic rings. The summed E-state index contributed by atoms with van der Waals surface area (Å²) in [6, 6.07) is 5.12. The number of guanidine groups is 1. The number of amides is 3. The molecule has 0 spiro atoms. The van der Waals surface area contributed by atoms with Crippen molar-refractivity contribution in [1.29, 1.82) is 0 Å². The van der Waals surface area contributed by atoms with E-state index in [0.29, 0.717) is 23.2 Å². The van der Waals surface area contributed by atoms with Gasteiger partial charge < -0.3 is 37.2 Å². The van der Waals surface area contributed by atoms with Crippen molar-refractivity contribution in [2.75, 3.05) is 13.2 Å². The summed E-state index contributed by atoms with van der Waals surface area (Å²) in [5.74, 6) is -1.79. The first kappa shape index (κ1) is 26.5. The number of nitrogens with one attached hydrogen (secondary N) is 1. The number of ether oxygens (including phenoxy) is 1. The van der Waals surface area contributed by atoms with Gasteiger partial charge in [-0.25, -0.2) is 9.69 Å². The monoisotopic (exact) mass is 450 g/mol. The van der Waals surface area contributed by atoms with E-state index in [1.54, 1.807) is 30.3 Å². The highest BCUT2D eigenvalue weighted by Gasteiger charge is 2.34. The molecule has 0 saturated carbocycles. The van der Waals surface area contributed by atoms with Crippen LogP contribution in [-0.2, 0) is 25.7 Å². The number of carbonyl (C=O) groups excluding carboxylic acids is 4. The minimum Gasteiger partial charge on any atom is -0.444 e. The molecule has 0 heterocycles. The lowest BCUT2D eigenvalue weighted by Crippen LogP contribution is -2.56. The van der Waals surface area contributed by atoms with Crippen molar-refractivity contribution < 1.29 is 29.0 Å². The lowest BCUT2D eigenvalue weighted by atomic mass is 10.1. The van der Waals surface area contributed by atoms with Gasteiger partial charge in [-0.15, -0.1) is 0 Å². The normalized spacial score (nSPS) is 13.2. The minimum atomic E-state index is -1.25. The summed E-state index contributed by atoms with van der Waals surface area (Å²) in [6.07, 6.45) is -0.243. The molecule has 0 aliphatic heterocycles. The van der Waals surface area contributed by atoms with Gasteiger partial charge in [0.2, 0.25) is 5.91 Å². The van der Waals surface area contributed by atoms with E-state index in [2.05, 4.69) is 10.3 Å². The number of rotatable bonds is 12. The molecule has 0 aliphatic rings. The van der Waals surface area contributed by atoms with Crippen LogP contribution < -0.4 is 22.5 Å². The maximum atomic E-state index is 13.0. The summed E-state index contributed by atoms with van der Waals surface area (Å²) >= 11 is 0. The standard InChI is InChI=1S/C20H30N6O6/c1-13(25-17(29)16(21)11-28)18(30)26(15(10-27)8-5-9-24-19(22)23)20(31)32-12-14-6-3-2-4-7-14/h2-4,6-7,10,13,15-16,28H,5,8-9,11-12,21H2,1H3,(H,25,29)(H4,22,23,24)/t13-,15-,16+/m0/s1. The Morgan fingerprint density at radius 1 is 1.25 bits per heavy atom. The molecule has 0 aliphatic carbocycles. The van der Waals surface area contributed by atoms with Crippen LogP contribution in [0.4, 0.5) is 4.79 Å². The van der Waals surface area contributed by atoms with E-state index >= 15 is 0 Å². The van der Waals surface area contributed by atoms with Gasteiger partial charge in [0.15, 0.2) is 5.96 Å². The minimum absolute atomic E-state index is 0.0727. The van der Waals surface area contributed by atoms with Crippen LogP contribution in [0.5, 0.6) is 0 Å². The quantitative estimate of drug-likeness (QED) is 0.110. The van der Waals surface area contributed by atoms with Crippen molar-refractivity contribution in [2.45, 2.75) is 44.5 Å². The topological polar surface area (TPSA) is 203 Å². The third kappa shape index (κ3) is 8.70. The van der Waals surface area contributed by atoms with E-state index < -0.39 is 42.6 Å². The molecule has 8 N–H and O–H groups in total. The van der Waals surface area contributed by atoms with Crippen LogP contribution in [-0.4, -0.2) is 71.4 Å². The lowest BCUT2D eigenvalue weighted by Gasteiger charge is -2.28. The summed E-state index contributed by atoms with van der Waals surface area (Å²) in [5.41, 5.74) is 16.6. The predicted molar refractivity (Wildman–Crippen MR) is 116 cm³/mol. The molecular formula is C20H30N6O6. The first-order valence-electron chi connectivity index (χ1n) is 9.92. The van der Waals surface area contributed by atoms with Crippen molar-refractivity contribution in [1.82, 2.24) is 10.2 Å². The fourth-order valence-electron chi connectivity index (χ4n) is 2.62. The second kappa shape index (κ2) is 13.7. The van der Waals surface area contributed by atoms with Gasteiger partial charge in [-0.2, -0.15) is 0 Å². The molecule has 0 fully saturated rings. The van der Waals surface area contributed by atoms with E-state index in [1.807, 2.05) is 0 Å². The van der Waals surface area contributed by atoms with E-state index in [0.717, 1.165) is 0 Å².